The monoisotopic (exact) mass is 336 g/mol. The fraction of sp³-hybridized carbons (Fsp3) is 0.188. The molecule has 0 aromatic heterocycles. The quantitative estimate of drug-likeness (QED) is 0.924. The maximum atomic E-state index is 13.4. The molecule has 0 aliphatic carbocycles. The van der Waals surface area contributed by atoms with E-state index in [9.17, 15) is 22.7 Å². The predicted molar refractivity (Wildman–Crippen MR) is 82.2 cm³/mol. The number of carbonyl (C=O) groups excluding carboxylic acids is 1. The van der Waals surface area contributed by atoms with E-state index in [0.717, 1.165) is 34.9 Å². The van der Waals surface area contributed by atoms with Gasteiger partial charge in [0, 0.05) is 5.56 Å². The van der Waals surface area contributed by atoms with Crippen molar-refractivity contribution in [2.45, 2.75) is 25.7 Å². The van der Waals surface area contributed by atoms with Crippen LogP contribution in [-0.4, -0.2) is 14.4 Å². The molecule has 2 aromatic carbocycles. The van der Waals surface area contributed by atoms with Gasteiger partial charge in [0.25, 0.3) is 10.0 Å². The summed E-state index contributed by atoms with van der Waals surface area (Å²) in [5, 5.41) is 10.8. The topological polar surface area (TPSA) is 86.3 Å². The van der Waals surface area contributed by atoms with Gasteiger partial charge in [0.15, 0.2) is 0 Å². The van der Waals surface area contributed by atoms with Gasteiger partial charge in [0.2, 0.25) is 0 Å². The van der Waals surface area contributed by atoms with Crippen LogP contribution in [0.4, 0.5) is 10.1 Å². The van der Waals surface area contributed by atoms with Crippen LogP contribution in [0, 0.1) is 26.6 Å². The second kappa shape index (κ2) is 6.00. The number of hydrogen-bond donors (Lipinski definition) is 1. The van der Waals surface area contributed by atoms with E-state index in [0.29, 0.717) is 5.69 Å². The molecule has 0 spiro atoms. The number of carboxylic acid groups (broad SMARTS) is 1. The summed E-state index contributed by atoms with van der Waals surface area (Å²) in [6, 6.07) is 6.17. The lowest BCUT2D eigenvalue weighted by molar-refractivity contribution is -0.255. The lowest BCUT2D eigenvalue weighted by Crippen LogP contribution is -2.24. The standard InChI is InChI=1S/C16H16FNO4S/c1-9-6-10(2)15(11(3)7-9)18-23(21,22)12-4-5-14(17)13(8-12)16(19)20/h4-8,18H,1-3H3,(H,19,20)/p-1. The van der Waals surface area contributed by atoms with E-state index in [1.807, 2.05) is 19.1 Å². The third-order valence-corrected chi connectivity index (χ3v) is 4.73. The van der Waals surface area contributed by atoms with Crippen molar-refractivity contribution in [1.82, 2.24) is 0 Å². The average molecular weight is 336 g/mol. The highest BCUT2D eigenvalue weighted by Gasteiger charge is 2.19. The summed E-state index contributed by atoms with van der Waals surface area (Å²) in [6.45, 7) is 5.41. The van der Waals surface area contributed by atoms with Gasteiger partial charge in [-0.1, -0.05) is 17.7 Å². The van der Waals surface area contributed by atoms with Gasteiger partial charge < -0.3 is 9.90 Å². The summed E-state index contributed by atoms with van der Waals surface area (Å²) in [5.41, 5.74) is 2.06. The van der Waals surface area contributed by atoms with E-state index in [-0.39, 0.29) is 4.90 Å². The van der Waals surface area contributed by atoms with Crippen molar-refractivity contribution in [1.29, 1.82) is 0 Å². The lowest BCUT2D eigenvalue weighted by atomic mass is 10.1. The van der Waals surface area contributed by atoms with Gasteiger partial charge in [0.1, 0.15) is 5.82 Å². The molecule has 0 aliphatic heterocycles. The Morgan fingerprint density at radius 1 is 1.09 bits per heavy atom. The summed E-state index contributed by atoms with van der Waals surface area (Å²) in [4.78, 5) is 10.5. The number of sulfonamides is 1. The number of carboxylic acids is 1. The number of carbonyl (C=O) groups is 1. The predicted octanol–water partition coefficient (Wildman–Crippen LogP) is 1.92. The molecule has 0 saturated carbocycles. The summed E-state index contributed by atoms with van der Waals surface area (Å²) in [5.74, 6) is -2.83. The van der Waals surface area contributed by atoms with Crippen LogP contribution >= 0.6 is 0 Å². The Hall–Kier alpha value is -2.41. The number of benzene rings is 2. The average Bonchev–Trinajstić information content (AvgIpc) is 2.42. The Labute approximate surface area is 133 Å². The first kappa shape index (κ1) is 17.0. The first-order valence-electron chi connectivity index (χ1n) is 6.73. The zero-order valence-electron chi connectivity index (χ0n) is 12.8. The summed E-state index contributed by atoms with van der Waals surface area (Å²) >= 11 is 0. The molecule has 0 saturated heterocycles. The van der Waals surface area contributed by atoms with E-state index in [1.54, 1.807) is 13.8 Å². The number of hydrogen-bond acceptors (Lipinski definition) is 4. The molecule has 23 heavy (non-hydrogen) atoms. The zero-order chi connectivity index (χ0) is 17.4. The third kappa shape index (κ3) is 3.50. The number of halogens is 1. The van der Waals surface area contributed by atoms with Gasteiger partial charge in [-0.15, -0.1) is 0 Å². The summed E-state index contributed by atoms with van der Waals surface area (Å²) in [6.07, 6.45) is 0. The highest BCUT2D eigenvalue weighted by molar-refractivity contribution is 7.92. The number of nitrogens with one attached hydrogen (secondary N) is 1. The first-order chi connectivity index (χ1) is 10.6. The molecule has 7 heteroatoms. The second-order valence-corrected chi connectivity index (χ2v) is 6.99. The van der Waals surface area contributed by atoms with E-state index in [4.69, 9.17) is 0 Å². The van der Waals surface area contributed by atoms with E-state index in [1.165, 1.54) is 0 Å². The Balaban J connectivity index is 2.48. The van der Waals surface area contributed by atoms with Crippen molar-refractivity contribution in [2.24, 2.45) is 0 Å². The molecule has 0 unspecified atom stereocenters. The van der Waals surface area contributed by atoms with Crippen LogP contribution in [0.15, 0.2) is 35.2 Å². The van der Waals surface area contributed by atoms with Crippen molar-refractivity contribution < 1.29 is 22.7 Å². The van der Waals surface area contributed by atoms with Crippen molar-refractivity contribution >= 4 is 21.7 Å². The van der Waals surface area contributed by atoms with Crippen molar-refractivity contribution in [3.63, 3.8) is 0 Å². The molecule has 122 valence electrons. The van der Waals surface area contributed by atoms with Gasteiger partial charge in [-0.3, -0.25) is 4.72 Å². The van der Waals surface area contributed by atoms with Crippen LogP contribution in [0.3, 0.4) is 0 Å². The van der Waals surface area contributed by atoms with Gasteiger partial charge in [0.05, 0.1) is 16.6 Å². The van der Waals surface area contributed by atoms with Crippen LogP contribution in [0.2, 0.25) is 0 Å². The summed E-state index contributed by atoms with van der Waals surface area (Å²) < 4.78 is 40.7. The minimum atomic E-state index is -4.05. The number of rotatable bonds is 4. The molecule has 2 aromatic rings. The Morgan fingerprint density at radius 3 is 2.17 bits per heavy atom. The molecular weight excluding hydrogens is 321 g/mol. The van der Waals surface area contributed by atoms with Crippen molar-refractivity contribution in [2.75, 3.05) is 4.72 Å². The molecule has 2 rings (SSSR count). The molecule has 0 fully saturated rings. The fourth-order valence-electron chi connectivity index (χ4n) is 2.36. The largest absolute Gasteiger partial charge is 0.545 e. The number of aryl methyl sites for hydroxylation is 3. The molecule has 0 radical (unpaired) electrons. The van der Waals surface area contributed by atoms with Crippen LogP contribution in [0.5, 0.6) is 0 Å². The fourth-order valence-corrected chi connectivity index (χ4v) is 3.59. The Kier molecular flexibility index (Phi) is 4.42. The summed E-state index contributed by atoms with van der Waals surface area (Å²) in [7, 11) is -4.05. The molecule has 0 heterocycles. The smallest absolute Gasteiger partial charge is 0.261 e. The van der Waals surface area contributed by atoms with Crippen LogP contribution in [0.1, 0.15) is 27.0 Å². The van der Waals surface area contributed by atoms with E-state index in [2.05, 4.69) is 4.72 Å². The van der Waals surface area contributed by atoms with Gasteiger partial charge in [-0.05, 0) is 50.1 Å². The highest BCUT2D eigenvalue weighted by atomic mass is 32.2. The normalized spacial score (nSPS) is 11.3. The van der Waals surface area contributed by atoms with Gasteiger partial charge in [-0.25, -0.2) is 12.8 Å². The van der Waals surface area contributed by atoms with Gasteiger partial charge >= 0.3 is 0 Å². The van der Waals surface area contributed by atoms with Gasteiger partial charge in [-0.2, -0.15) is 0 Å². The minimum Gasteiger partial charge on any atom is -0.545 e. The van der Waals surface area contributed by atoms with E-state index < -0.39 is 27.4 Å². The minimum absolute atomic E-state index is 0.350. The molecule has 5 nitrogen and oxygen atoms in total. The van der Waals surface area contributed by atoms with Crippen molar-refractivity contribution in [3.05, 3.63) is 58.4 Å². The van der Waals surface area contributed by atoms with Crippen LogP contribution < -0.4 is 9.83 Å². The zero-order valence-corrected chi connectivity index (χ0v) is 13.6. The molecule has 0 atom stereocenters. The van der Waals surface area contributed by atoms with Crippen molar-refractivity contribution in [3.8, 4) is 0 Å². The molecule has 1 N–H and O–H groups in total. The lowest BCUT2D eigenvalue weighted by Gasteiger charge is -2.15. The molecule has 0 amide bonds. The third-order valence-electron chi connectivity index (χ3n) is 3.38. The van der Waals surface area contributed by atoms with E-state index >= 15 is 0 Å². The second-order valence-electron chi connectivity index (χ2n) is 5.31. The number of anilines is 1. The molecule has 0 aliphatic rings. The Morgan fingerprint density at radius 2 is 1.65 bits per heavy atom. The first-order valence-corrected chi connectivity index (χ1v) is 8.21. The molecule has 0 bridgehead atoms. The molecular formula is C16H15FNO4S-. The van der Waals surface area contributed by atoms with Crippen LogP contribution in [0.25, 0.3) is 0 Å². The number of aromatic carboxylic acids is 1. The maximum absolute atomic E-state index is 13.4. The highest BCUT2D eigenvalue weighted by Crippen LogP contribution is 2.25. The SMILES string of the molecule is Cc1cc(C)c(NS(=O)(=O)c2ccc(F)c(C(=O)[O-])c2)c(C)c1. The Bertz CT molecular complexity index is 868. The van der Waals surface area contributed by atoms with Crippen LogP contribution in [-0.2, 0) is 10.0 Å². The maximum Gasteiger partial charge on any atom is 0.261 e.